The summed E-state index contributed by atoms with van der Waals surface area (Å²) in [6, 6.07) is 11.6. The Kier molecular flexibility index (Phi) is 6.36. The van der Waals surface area contributed by atoms with E-state index in [9.17, 15) is 9.59 Å². The van der Waals surface area contributed by atoms with Crippen molar-refractivity contribution in [2.45, 2.75) is 20.5 Å². The van der Waals surface area contributed by atoms with Crippen LogP contribution in [0.1, 0.15) is 37.7 Å². The number of rotatable bonds is 7. The Hall–Kier alpha value is -3.81. The molecule has 2 amide bonds. The number of aryl methyl sites for hydroxylation is 2. The summed E-state index contributed by atoms with van der Waals surface area (Å²) in [6.07, 6.45) is 0. The third kappa shape index (κ3) is 4.60. The molecule has 8 heteroatoms. The van der Waals surface area contributed by atoms with Crippen LogP contribution in [-0.4, -0.2) is 31.1 Å². The van der Waals surface area contributed by atoms with Gasteiger partial charge < -0.3 is 24.6 Å². The summed E-state index contributed by atoms with van der Waals surface area (Å²) in [7, 11) is 3.02. The van der Waals surface area contributed by atoms with E-state index in [1.54, 1.807) is 49.5 Å². The van der Waals surface area contributed by atoms with Gasteiger partial charge in [0.1, 0.15) is 23.9 Å². The summed E-state index contributed by atoms with van der Waals surface area (Å²) in [5.41, 5.74) is 3.06. The van der Waals surface area contributed by atoms with E-state index in [0.29, 0.717) is 34.9 Å². The fraction of sp³-hybridized carbons (Fsp3) is 0.227. The van der Waals surface area contributed by atoms with Crippen LogP contribution in [0.25, 0.3) is 0 Å². The van der Waals surface area contributed by atoms with Crippen molar-refractivity contribution in [1.82, 2.24) is 10.5 Å². The van der Waals surface area contributed by atoms with Crippen LogP contribution >= 0.6 is 0 Å². The molecule has 156 valence electrons. The molecule has 30 heavy (non-hydrogen) atoms. The highest BCUT2D eigenvalue weighted by Gasteiger charge is 2.13. The second kappa shape index (κ2) is 9.13. The number of methoxy groups -OCH3 is 1. The van der Waals surface area contributed by atoms with E-state index in [4.69, 9.17) is 14.0 Å². The Morgan fingerprint density at radius 2 is 1.73 bits per heavy atom. The van der Waals surface area contributed by atoms with E-state index in [-0.39, 0.29) is 11.8 Å². The van der Waals surface area contributed by atoms with Crippen LogP contribution in [0.2, 0.25) is 0 Å². The number of carbonyl (C=O) groups excluding carboxylic acids is 2. The number of nitrogens with one attached hydrogen (secondary N) is 2. The molecule has 0 saturated heterocycles. The minimum Gasteiger partial charge on any atom is -0.495 e. The van der Waals surface area contributed by atoms with Crippen LogP contribution in [0.15, 0.2) is 47.0 Å². The van der Waals surface area contributed by atoms with Gasteiger partial charge in [0.05, 0.1) is 24.1 Å². The van der Waals surface area contributed by atoms with Crippen molar-refractivity contribution in [2.24, 2.45) is 0 Å². The van der Waals surface area contributed by atoms with Gasteiger partial charge >= 0.3 is 0 Å². The van der Waals surface area contributed by atoms with Gasteiger partial charge in [-0.25, -0.2) is 0 Å². The average molecular weight is 409 g/mol. The Labute approximate surface area is 174 Å². The van der Waals surface area contributed by atoms with Crippen molar-refractivity contribution in [3.63, 3.8) is 0 Å². The van der Waals surface area contributed by atoms with Crippen LogP contribution in [-0.2, 0) is 6.61 Å². The second-order valence-electron chi connectivity index (χ2n) is 6.56. The molecule has 3 rings (SSSR count). The number of carbonyl (C=O) groups is 2. The van der Waals surface area contributed by atoms with E-state index in [1.165, 1.54) is 7.11 Å². The molecule has 0 bridgehead atoms. The number of hydrogen-bond donors (Lipinski definition) is 2. The summed E-state index contributed by atoms with van der Waals surface area (Å²) in [6.45, 7) is 4.03. The first-order valence-electron chi connectivity index (χ1n) is 9.29. The molecule has 1 heterocycles. The molecule has 2 aromatic carbocycles. The van der Waals surface area contributed by atoms with Crippen LogP contribution in [0.4, 0.5) is 5.69 Å². The van der Waals surface area contributed by atoms with Gasteiger partial charge in [-0.05, 0) is 56.3 Å². The molecular formula is C22H23N3O5. The molecule has 3 aromatic rings. The molecule has 0 unspecified atom stereocenters. The lowest BCUT2D eigenvalue weighted by Crippen LogP contribution is -2.18. The highest BCUT2D eigenvalue weighted by Crippen LogP contribution is 2.26. The molecule has 8 nitrogen and oxygen atoms in total. The van der Waals surface area contributed by atoms with Gasteiger partial charge in [0.25, 0.3) is 11.8 Å². The van der Waals surface area contributed by atoms with E-state index in [2.05, 4.69) is 15.8 Å². The number of aromatic nitrogens is 1. The molecule has 1 aromatic heterocycles. The Morgan fingerprint density at radius 1 is 1.03 bits per heavy atom. The van der Waals surface area contributed by atoms with Gasteiger partial charge in [0.2, 0.25) is 0 Å². The zero-order valence-electron chi connectivity index (χ0n) is 17.2. The minimum atomic E-state index is -0.307. The molecule has 0 atom stereocenters. The fourth-order valence-electron chi connectivity index (χ4n) is 2.84. The van der Waals surface area contributed by atoms with Crippen molar-refractivity contribution >= 4 is 17.5 Å². The summed E-state index contributed by atoms with van der Waals surface area (Å²) < 4.78 is 16.2. The Bertz CT molecular complexity index is 1040. The molecular weight excluding hydrogens is 386 g/mol. The van der Waals surface area contributed by atoms with Gasteiger partial charge in [-0.15, -0.1) is 0 Å². The topological polar surface area (TPSA) is 103 Å². The zero-order valence-corrected chi connectivity index (χ0v) is 17.2. The first-order chi connectivity index (χ1) is 14.4. The smallest absolute Gasteiger partial charge is 0.255 e. The van der Waals surface area contributed by atoms with E-state index in [0.717, 1.165) is 17.0 Å². The minimum absolute atomic E-state index is 0.238. The molecule has 2 N–H and O–H groups in total. The summed E-state index contributed by atoms with van der Waals surface area (Å²) in [4.78, 5) is 24.4. The summed E-state index contributed by atoms with van der Waals surface area (Å²) in [5.74, 6) is 1.19. The first-order valence-corrected chi connectivity index (χ1v) is 9.29. The lowest BCUT2D eigenvalue weighted by atomic mass is 10.1. The zero-order chi connectivity index (χ0) is 21.7. The van der Waals surface area contributed by atoms with Crippen LogP contribution < -0.4 is 20.1 Å². The van der Waals surface area contributed by atoms with Gasteiger partial charge in [-0.1, -0.05) is 5.16 Å². The number of hydrogen-bond acceptors (Lipinski definition) is 6. The number of ether oxygens (including phenoxy) is 2. The normalized spacial score (nSPS) is 10.4. The first kappa shape index (κ1) is 20.9. The van der Waals surface area contributed by atoms with Crippen molar-refractivity contribution in [2.75, 3.05) is 19.5 Å². The molecule has 0 saturated carbocycles. The molecule has 0 radical (unpaired) electrons. The highest BCUT2D eigenvalue weighted by molar-refractivity contribution is 6.05. The predicted molar refractivity (Wildman–Crippen MR) is 111 cm³/mol. The Balaban J connectivity index is 1.67. The van der Waals surface area contributed by atoms with E-state index < -0.39 is 0 Å². The highest BCUT2D eigenvalue weighted by atomic mass is 16.5. The van der Waals surface area contributed by atoms with E-state index in [1.807, 2.05) is 13.8 Å². The van der Waals surface area contributed by atoms with Gasteiger partial charge in [0.15, 0.2) is 0 Å². The maximum Gasteiger partial charge on any atom is 0.255 e. The van der Waals surface area contributed by atoms with Crippen LogP contribution in [0, 0.1) is 13.8 Å². The Morgan fingerprint density at radius 3 is 2.33 bits per heavy atom. The number of anilines is 1. The third-order valence-corrected chi connectivity index (χ3v) is 4.62. The quantitative estimate of drug-likeness (QED) is 0.619. The fourth-order valence-corrected chi connectivity index (χ4v) is 2.84. The number of benzene rings is 2. The van der Waals surface area contributed by atoms with Gasteiger partial charge in [0, 0.05) is 18.2 Å². The van der Waals surface area contributed by atoms with E-state index >= 15 is 0 Å². The average Bonchev–Trinajstić information content (AvgIpc) is 3.09. The molecule has 0 aliphatic heterocycles. The van der Waals surface area contributed by atoms with Gasteiger partial charge in [-0.2, -0.15) is 0 Å². The number of amides is 2. The monoisotopic (exact) mass is 409 g/mol. The molecule has 0 aliphatic rings. The van der Waals surface area contributed by atoms with Crippen molar-refractivity contribution in [1.29, 1.82) is 0 Å². The standard InChI is InChI=1S/C22H23N3O5/c1-13-18(14(2)30-25-13)12-29-17-8-5-15(6-9-17)22(27)24-19-10-7-16(21(26)23-3)11-20(19)28-4/h5-11H,12H2,1-4H3,(H,23,26)(H,24,27). The van der Waals surface area contributed by atoms with Crippen molar-refractivity contribution in [3.05, 3.63) is 70.6 Å². The molecule has 0 fully saturated rings. The van der Waals surface area contributed by atoms with Crippen molar-refractivity contribution < 1.29 is 23.6 Å². The van der Waals surface area contributed by atoms with Gasteiger partial charge in [-0.3, -0.25) is 9.59 Å². The predicted octanol–water partition coefficient (Wildman–Crippen LogP) is 3.49. The SMILES string of the molecule is CNC(=O)c1ccc(NC(=O)c2ccc(OCc3c(C)noc3C)cc2)c(OC)c1. The largest absolute Gasteiger partial charge is 0.495 e. The summed E-state index contributed by atoms with van der Waals surface area (Å²) >= 11 is 0. The lowest BCUT2D eigenvalue weighted by molar-refractivity contribution is 0.0962. The molecule has 0 spiro atoms. The number of nitrogens with zero attached hydrogens (tertiary/aromatic N) is 1. The molecule has 0 aliphatic carbocycles. The summed E-state index contributed by atoms with van der Waals surface area (Å²) in [5, 5.41) is 9.24. The maximum absolute atomic E-state index is 12.6. The van der Waals surface area contributed by atoms with Crippen LogP contribution in [0.5, 0.6) is 11.5 Å². The lowest BCUT2D eigenvalue weighted by Gasteiger charge is -2.12. The van der Waals surface area contributed by atoms with Crippen molar-refractivity contribution in [3.8, 4) is 11.5 Å². The second-order valence-corrected chi connectivity index (χ2v) is 6.56. The third-order valence-electron chi connectivity index (χ3n) is 4.62. The maximum atomic E-state index is 12.6. The van der Waals surface area contributed by atoms with Crippen LogP contribution in [0.3, 0.4) is 0 Å².